The fourth-order valence-corrected chi connectivity index (χ4v) is 4.31. The van der Waals surface area contributed by atoms with E-state index >= 15 is 0 Å². The lowest BCUT2D eigenvalue weighted by molar-refractivity contribution is -0.380. The highest BCUT2D eigenvalue weighted by atomic mass is 32.1. The molecule has 1 saturated heterocycles. The molecule has 1 aromatic rings. The number of hydrogen-bond acceptors (Lipinski definition) is 6. The van der Waals surface area contributed by atoms with Crippen LogP contribution in [0.2, 0.25) is 0 Å². The van der Waals surface area contributed by atoms with Gasteiger partial charge in [0.25, 0.3) is 11.8 Å². The maximum atomic E-state index is 12.4. The maximum Gasteiger partial charge on any atom is 0.324 e. The van der Waals surface area contributed by atoms with Crippen molar-refractivity contribution in [1.29, 1.82) is 0 Å². The van der Waals surface area contributed by atoms with Gasteiger partial charge in [0.1, 0.15) is 0 Å². The van der Waals surface area contributed by atoms with Crippen molar-refractivity contribution < 1.29 is 14.5 Å². The molecule has 4 unspecified atom stereocenters. The van der Waals surface area contributed by atoms with Crippen molar-refractivity contribution in [3.05, 3.63) is 39.3 Å². The Morgan fingerprint density at radius 2 is 1.86 bits per heavy atom. The number of hydrogen-bond donors (Lipinski definition) is 0. The SMILES string of the molecule is O=C1C2C3C=CC(C3)C2C(=O)N1N=Cc1ccc([N+](=O)[O-])s1. The lowest BCUT2D eigenvalue weighted by Crippen LogP contribution is -2.28. The molecule has 0 radical (unpaired) electrons. The number of hydrazone groups is 1. The molecule has 8 heteroatoms. The first-order valence-corrected chi connectivity index (χ1v) is 7.72. The molecule has 112 valence electrons. The van der Waals surface area contributed by atoms with Gasteiger partial charge in [-0.25, -0.2) is 0 Å². The Hall–Kier alpha value is -2.35. The molecular weight excluding hydrogens is 306 g/mol. The number of rotatable bonds is 3. The Bertz CT molecular complexity index is 723. The van der Waals surface area contributed by atoms with Crippen LogP contribution in [0.3, 0.4) is 0 Å². The van der Waals surface area contributed by atoms with Crippen LogP contribution in [0.4, 0.5) is 5.00 Å². The van der Waals surface area contributed by atoms with Gasteiger partial charge < -0.3 is 0 Å². The summed E-state index contributed by atoms with van der Waals surface area (Å²) in [7, 11) is 0. The third-order valence-corrected chi connectivity index (χ3v) is 5.51. The van der Waals surface area contributed by atoms with Crippen molar-refractivity contribution in [2.75, 3.05) is 0 Å². The topological polar surface area (TPSA) is 92.9 Å². The Labute approximate surface area is 129 Å². The summed E-state index contributed by atoms with van der Waals surface area (Å²) < 4.78 is 0. The zero-order valence-electron chi connectivity index (χ0n) is 11.3. The Morgan fingerprint density at radius 1 is 1.23 bits per heavy atom. The Kier molecular flexibility index (Phi) is 2.77. The predicted octanol–water partition coefficient (Wildman–Crippen LogP) is 1.80. The van der Waals surface area contributed by atoms with Gasteiger partial charge in [-0.15, -0.1) is 0 Å². The molecule has 4 atom stereocenters. The fraction of sp³-hybridized carbons (Fsp3) is 0.357. The van der Waals surface area contributed by atoms with Gasteiger partial charge in [0.05, 0.1) is 27.9 Å². The summed E-state index contributed by atoms with van der Waals surface area (Å²) in [5.41, 5.74) is 0. The smallest absolute Gasteiger partial charge is 0.272 e. The van der Waals surface area contributed by atoms with Gasteiger partial charge in [-0.05, 0) is 24.3 Å². The largest absolute Gasteiger partial charge is 0.324 e. The van der Waals surface area contributed by atoms with Crippen LogP contribution in [0, 0.1) is 33.8 Å². The van der Waals surface area contributed by atoms with Gasteiger partial charge >= 0.3 is 5.00 Å². The molecule has 7 nitrogen and oxygen atoms in total. The summed E-state index contributed by atoms with van der Waals surface area (Å²) in [6, 6.07) is 2.92. The first-order valence-electron chi connectivity index (χ1n) is 6.90. The first kappa shape index (κ1) is 13.3. The van der Waals surface area contributed by atoms with E-state index in [2.05, 4.69) is 5.10 Å². The van der Waals surface area contributed by atoms with E-state index in [1.54, 1.807) is 6.07 Å². The highest BCUT2D eigenvalue weighted by Crippen LogP contribution is 2.52. The average molecular weight is 317 g/mol. The molecule has 2 aliphatic carbocycles. The number of thiophene rings is 1. The summed E-state index contributed by atoms with van der Waals surface area (Å²) >= 11 is 0.952. The van der Waals surface area contributed by atoms with Crippen LogP contribution in [-0.2, 0) is 9.59 Å². The molecule has 0 N–H and O–H groups in total. The molecular formula is C14H11N3O4S. The molecule has 3 aliphatic rings. The molecule has 1 aromatic heterocycles. The van der Waals surface area contributed by atoms with E-state index in [0.717, 1.165) is 22.8 Å². The van der Waals surface area contributed by atoms with E-state index in [-0.39, 0.29) is 40.5 Å². The third kappa shape index (κ3) is 1.77. The maximum absolute atomic E-state index is 12.4. The standard InChI is InChI=1S/C14H11N3O4S/c18-13-11-7-1-2-8(5-7)12(11)14(19)16(13)15-6-9-3-4-10(22-9)17(20)21/h1-4,6-8,11-12H,5H2. The third-order valence-electron chi connectivity index (χ3n) is 4.54. The van der Waals surface area contributed by atoms with Crippen molar-refractivity contribution in [2.45, 2.75) is 6.42 Å². The molecule has 22 heavy (non-hydrogen) atoms. The minimum Gasteiger partial charge on any atom is -0.272 e. The van der Waals surface area contributed by atoms with Crippen LogP contribution >= 0.6 is 11.3 Å². The second kappa shape index (κ2) is 4.57. The summed E-state index contributed by atoms with van der Waals surface area (Å²) in [5, 5.41) is 15.6. The van der Waals surface area contributed by atoms with E-state index in [0.29, 0.717) is 4.88 Å². The Balaban J connectivity index is 1.56. The summed E-state index contributed by atoms with van der Waals surface area (Å²) in [4.78, 5) is 35.4. The molecule has 4 rings (SSSR count). The normalized spacial score (nSPS) is 32.5. The van der Waals surface area contributed by atoms with Gasteiger partial charge in [-0.3, -0.25) is 19.7 Å². The number of nitrogens with zero attached hydrogens (tertiary/aromatic N) is 3. The molecule has 1 saturated carbocycles. The molecule has 0 spiro atoms. The summed E-state index contributed by atoms with van der Waals surface area (Å²) in [5.74, 6) is -0.776. The van der Waals surface area contributed by atoms with Crippen LogP contribution < -0.4 is 0 Å². The van der Waals surface area contributed by atoms with E-state index < -0.39 is 4.92 Å². The fourth-order valence-electron chi connectivity index (χ4n) is 3.62. The number of imide groups is 1. The molecule has 2 fully saturated rings. The summed E-state index contributed by atoms with van der Waals surface area (Å²) in [6.45, 7) is 0. The molecule has 2 bridgehead atoms. The molecule has 2 amide bonds. The van der Waals surface area contributed by atoms with Crippen molar-refractivity contribution in [1.82, 2.24) is 5.01 Å². The molecule has 0 aromatic carbocycles. The van der Waals surface area contributed by atoms with Crippen molar-refractivity contribution in [3.63, 3.8) is 0 Å². The van der Waals surface area contributed by atoms with E-state index in [4.69, 9.17) is 0 Å². The monoisotopic (exact) mass is 317 g/mol. The zero-order chi connectivity index (χ0) is 15.4. The van der Waals surface area contributed by atoms with E-state index in [1.165, 1.54) is 12.3 Å². The predicted molar refractivity (Wildman–Crippen MR) is 78.1 cm³/mol. The van der Waals surface area contributed by atoms with Crippen LogP contribution in [-0.4, -0.2) is 28.0 Å². The van der Waals surface area contributed by atoms with Crippen LogP contribution in [0.5, 0.6) is 0 Å². The minimum absolute atomic E-state index is 0.000334. The highest BCUT2D eigenvalue weighted by molar-refractivity contribution is 7.16. The van der Waals surface area contributed by atoms with Gasteiger partial charge in [0.15, 0.2) is 0 Å². The van der Waals surface area contributed by atoms with Gasteiger partial charge in [0.2, 0.25) is 0 Å². The minimum atomic E-state index is -0.484. The van der Waals surface area contributed by atoms with Crippen LogP contribution in [0.25, 0.3) is 0 Å². The van der Waals surface area contributed by atoms with Crippen molar-refractivity contribution >= 4 is 34.4 Å². The lowest BCUT2D eigenvalue weighted by Gasteiger charge is -2.13. The number of amides is 2. The average Bonchev–Trinajstić information content (AvgIpc) is 3.23. The number of nitro groups is 1. The van der Waals surface area contributed by atoms with Crippen molar-refractivity contribution in [2.24, 2.45) is 28.8 Å². The first-order chi connectivity index (χ1) is 10.6. The second-order valence-electron chi connectivity index (χ2n) is 5.67. The number of carbonyl (C=O) groups is 2. The quantitative estimate of drug-likeness (QED) is 0.279. The molecule has 2 heterocycles. The van der Waals surface area contributed by atoms with Gasteiger partial charge in [-0.1, -0.05) is 23.5 Å². The number of fused-ring (bicyclic) bond motifs is 5. The number of carbonyl (C=O) groups excluding carboxylic acids is 2. The van der Waals surface area contributed by atoms with Crippen LogP contribution in [0.1, 0.15) is 11.3 Å². The van der Waals surface area contributed by atoms with Gasteiger partial charge in [-0.2, -0.15) is 10.1 Å². The van der Waals surface area contributed by atoms with Crippen LogP contribution in [0.15, 0.2) is 29.4 Å². The zero-order valence-corrected chi connectivity index (χ0v) is 12.1. The lowest BCUT2D eigenvalue weighted by atomic mass is 9.85. The highest BCUT2D eigenvalue weighted by Gasteiger charge is 2.59. The van der Waals surface area contributed by atoms with E-state index in [9.17, 15) is 19.7 Å². The number of allylic oxidation sites excluding steroid dienone is 2. The second-order valence-corrected chi connectivity index (χ2v) is 6.76. The Morgan fingerprint density at radius 3 is 2.41 bits per heavy atom. The van der Waals surface area contributed by atoms with Gasteiger partial charge in [0, 0.05) is 6.07 Å². The van der Waals surface area contributed by atoms with E-state index in [1.807, 2.05) is 12.2 Å². The molecule has 1 aliphatic heterocycles. The van der Waals surface area contributed by atoms with Crippen molar-refractivity contribution in [3.8, 4) is 0 Å². The summed E-state index contributed by atoms with van der Waals surface area (Å²) in [6.07, 6.45) is 6.26.